The van der Waals surface area contributed by atoms with Crippen molar-refractivity contribution in [1.29, 1.82) is 0 Å². The summed E-state index contributed by atoms with van der Waals surface area (Å²) in [7, 11) is 0. The van der Waals surface area contributed by atoms with Crippen LogP contribution in [0.4, 0.5) is 0 Å². The van der Waals surface area contributed by atoms with E-state index in [9.17, 15) is 9.90 Å². The summed E-state index contributed by atoms with van der Waals surface area (Å²) in [6, 6.07) is 9.08. The number of ether oxygens (including phenoxy) is 2. The molecule has 0 bridgehead atoms. The van der Waals surface area contributed by atoms with E-state index in [0.717, 1.165) is 17.2 Å². The minimum absolute atomic E-state index is 0.134. The minimum Gasteiger partial charge on any atom is -0.508 e. The highest BCUT2D eigenvalue weighted by Gasteiger charge is 2.40. The molecule has 2 unspecified atom stereocenters. The molecule has 1 heterocycles. The summed E-state index contributed by atoms with van der Waals surface area (Å²) >= 11 is 0. The second-order valence-corrected chi connectivity index (χ2v) is 6.82. The zero-order valence-corrected chi connectivity index (χ0v) is 15.6. The maximum Gasteiger partial charge on any atom is 0.303 e. The van der Waals surface area contributed by atoms with E-state index >= 15 is 0 Å². The van der Waals surface area contributed by atoms with Crippen molar-refractivity contribution in [2.24, 2.45) is 5.11 Å². The van der Waals surface area contributed by atoms with E-state index in [0.29, 0.717) is 12.0 Å². The Kier molecular flexibility index (Phi) is 5.54. The van der Waals surface area contributed by atoms with Crippen molar-refractivity contribution in [3.05, 3.63) is 51.9 Å². The number of hydrogen-bond donors (Lipinski definition) is 1. The zero-order valence-electron chi connectivity index (χ0n) is 15.6. The molecule has 7 nitrogen and oxygen atoms in total. The van der Waals surface area contributed by atoms with Crippen molar-refractivity contribution in [3.63, 3.8) is 0 Å². The van der Waals surface area contributed by atoms with Gasteiger partial charge in [-0.1, -0.05) is 36.3 Å². The van der Waals surface area contributed by atoms with Crippen molar-refractivity contribution >= 4 is 16.7 Å². The normalized spacial score (nSPS) is 25.0. The molecule has 1 aliphatic rings. The summed E-state index contributed by atoms with van der Waals surface area (Å²) in [5, 5.41) is 16.3. The molecule has 27 heavy (non-hydrogen) atoms. The molecular weight excluding hydrogens is 346 g/mol. The van der Waals surface area contributed by atoms with Crippen LogP contribution in [0, 0.1) is 0 Å². The Labute approximate surface area is 157 Å². The number of rotatable bonds is 4. The average Bonchev–Trinajstić information content (AvgIpc) is 2.63. The van der Waals surface area contributed by atoms with Crippen LogP contribution in [0.5, 0.6) is 5.75 Å². The Hall–Kier alpha value is -2.76. The molecule has 142 valence electrons. The van der Waals surface area contributed by atoms with Crippen molar-refractivity contribution in [2.75, 3.05) is 0 Å². The molecule has 1 N–H and O–H groups in total. The predicted octanol–water partition coefficient (Wildman–Crippen LogP) is 4.57. The highest BCUT2D eigenvalue weighted by molar-refractivity contribution is 5.88. The molecule has 1 saturated heterocycles. The molecule has 0 aliphatic carbocycles. The third kappa shape index (κ3) is 3.84. The van der Waals surface area contributed by atoms with E-state index < -0.39 is 30.3 Å². The predicted molar refractivity (Wildman–Crippen MR) is 101 cm³/mol. The second-order valence-electron chi connectivity index (χ2n) is 6.82. The number of benzene rings is 2. The number of hydrogen-bond acceptors (Lipinski definition) is 5. The van der Waals surface area contributed by atoms with Gasteiger partial charge in [0.1, 0.15) is 11.9 Å². The number of carbonyl (C=O) groups is 1. The lowest BCUT2D eigenvalue weighted by atomic mass is 9.89. The molecule has 0 amide bonds. The summed E-state index contributed by atoms with van der Waals surface area (Å²) in [4.78, 5) is 14.3. The first-order valence-electron chi connectivity index (χ1n) is 9.06. The van der Waals surface area contributed by atoms with Gasteiger partial charge in [-0.3, -0.25) is 4.79 Å². The molecule has 4 atom stereocenters. The van der Waals surface area contributed by atoms with Gasteiger partial charge in [0.15, 0.2) is 0 Å². The lowest BCUT2D eigenvalue weighted by Crippen LogP contribution is -2.45. The van der Waals surface area contributed by atoms with Gasteiger partial charge < -0.3 is 14.6 Å². The number of aryl methyl sites for hydroxylation is 1. The SMILES string of the molecule is CCc1ccc2c([C@H]3C[C@H](N=[N+]=[N-])C(OC(C)=O)C(C)O3)c(O)ccc2c1. The van der Waals surface area contributed by atoms with Crippen LogP contribution in [0.15, 0.2) is 35.4 Å². The second kappa shape index (κ2) is 7.86. The number of phenols is 1. The fourth-order valence-electron chi connectivity index (χ4n) is 3.74. The number of esters is 1. The van der Waals surface area contributed by atoms with Gasteiger partial charge in [-0.2, -0.15) is 0 Å². The van der Waals surface area contributed by atoms with Crippen molar-refractivity contribution in [1.82, 2.24) is 0 Å². The molecule has 0 spiro atoms. The molecule has 0 saturated carbocycles. The topological polar surface area (TPSA) is 105 Å². The van der Waals surface area contributed by atoms with Gasteiger partial charge in [-0.15, -0.1) is 0 Å². The molecule has 7 heteroatoms. The Morgan fingerprint density at radius 2 is 2.19 bits per heavy atom. The molecule has 0 aromatic heterocycles. The van der Waals surface area contributed by atoms with E-state index in [1.807, 2.05) is 18.2 Å². The van der Waals surface area contributed by atoms with Crippen LogP contribution >= 0.6 is 0 Å². The van der Waals surface area contributed by atoms with E-state index in [2.05, 4.69) is 23.0 Å². The Bertz CT molecular complexity index is 907. The Morgan fingerprint density at radius 1 is 1.41 bits per heavy atom. The first-order valence-corrected chi connectivity index (χ1v) is 9.06. The minimum atomic E-state index is -0.654. The molecule has 1 fully saturated rings. The number of nitrogens with zero attached hydrogens (tertiary/aromatic N) is 3. The maximum absolute atomic E-state index is 11.4. The molecule has 2 aromatic rings. The maximum atomic E-state index is 11.4. The van der Waals surface area contributed by atoms with Crippen LogP contribution in [0.3, 0.4) is 0 Å². The first-order chi connectivity index (χ1) is 12.9. The smallest absolute Gasteiger partial charge is 0.303 e. The quantitative estimate of drug-likeness (QED) is 0.369. The van der Waals surface area contributed by atoms with Gasteiger partial charge in [-0.05, 0) is 47.7 Å². The zero-order chi connectivity index (χ0) is 19.6. The summed E-state index contributed by atoms with van der Waals surface area (Å²) < 4.78 is 11.4. The van der Waals surface area contributed by atoms with E-state index in [4.69, 9.17) is 15.0 Å². The van der Waals surface area contributed by atoms with Crippen LogP contribution in [-0.2, 0) is 20.7 Å². The van der Waals surface area contributed by atoms with Gasteiger partial charge in [-0.25, -0.2) is 0 Å². The summed E-state index contributed by atoms with van der Waals surface area (Å²) in [6.45, 7) is 5.18. The van der Waals surface area contributed by atoms with Crippen molar-refractivity contribution in [3.8, 4) is 5.75 Å². The van der Waals surface area contributed by atoms with Gasteiger partial charge in [0.25, 0.3) is 0 Å². The highest BCUT2D eigenvalue weighted by Crippen LogP contribution is 2.41. The monoisotopic (exact) mass is 369 g/mol. The van der Waals surface area contributed by atoms with Gasteiger partial charge >= 0.3 is 5.97 Å². The van der Waals surface area contributed by atoms with Crippen LogP contribution in [-0.4, -0.2) is 29.3 Å². The van der Waals surface area contributed by atoms with Crippen LogP contribution in [0.25, 0.3) is 21.2 Å². The summed E-state index contributed by atoms with van der Waals surface area (Å²) in [6.07, 6.45) is -0.370. The lowest BCUT2D eigenvalue weighted by Gasteiger charge is -2.38. The Morgan fingerprint density at radius 3 is 2.85 bits per heavy atom. The standard InChI is InChI=1S/C20H23N3O4/c1-4-13-5-7-15-14(9-13)6-8-17(25)19(15)18-10-16(22-23-21)20(11(2)26-18)27-12(3)24/h5-9,11,16,18,20,25H,4,10H2,1-3H3/t11?,16-,18+,20?/m0/s1. The largest absolute Gasteiger partial charge is 0.508 e. The van der Waals surface area contributed by atoms with Crippen molar-refractivity contribution < 1.29 is 19.4 Å². The molecule has 0 radical (unpaired) electrons. The average molecular weight is 369 g/mol. The third-order valence-electron chi connectivity index (χ3n) is 5.01. The van der Waals surface area contributed by atoms with E-state index in [-0.39, 0.29) is 5.75 Å². The molecule has 2 aromatic carbocycles. The summed E-state index contributed by atoms with van der Waals surface area (Å²) in [5.74, 6) is -0.318. The van der Waals surface area contributed by atoms with Crippen LogP contribution in [0.1, 0.15) is 44.4 Å². The number of phenolic OH excluding ortho intramolecular Hbond substituents is 1. The third-order valence-corrected chi connectivity index (χ3v) is 5.01. The Balaban J connectivity index is 2.02. The van der Waals surface area contributed by atoms with Gasteiger partial charge in [0, 0.05) is 17.4 Å². The van der Waals surface area contributed by atoms with E-state index in [1.165, 1.54) is 12.5 Å². The number of azide groups is 1. The van der Waals surface area contributed by atoms with Crippen LogP contribution in [0.2, 0.25) is 0 Å². The fraction of sp³-hybridized carbons (Fsp3) is 0.450. The molecular formula is C20H23N3O4. The fourth-order valence-corrected chi connectivity index (χ4v) is 3.74. The van der Waals surface area contributed by atoms with Gasteiger partial charge in [0.05, 0.1) is 18.2 Å². The highest BCUT2D eigenvalue weighted by atomic mass is 16.6. The van der Waals surface area contributed by atoms with Crippen molar-refractivity contribution in [2.45, 2.75) is 58.0 Å². The number of fused-ring (bicyclic) bond motifs is 1. The lowest BCUT2D eigenvalue weighted by molar-refractivity contribution is -0.171. The van der Waals surface area contributed by atoms with E-state index in [1.54, 1.807) is 13.0 Å². The van der Waals surface area contributed by atoms with Crippen LogP contribution < -0.4 is 0 Å². The summed E-state index contributed by atoms with van der Waals surface area (Å²) in [5.41, 5.74) is 10.8. The number of carbonyl (C=O) groups excluding carboxylic acids is 1. The first kappa shape index (κ1) is 19.0. The molecule has 1 aliphatic heterocycles. The molecule has 3 rings (SSSR count). The van der Waals surface area contributed by atoms with Gasteiger partial charge in [0.2, 0.25) is 0 Å². The number of aromatic hydroxyl groups is 1.